The predicted octanol–water partition coefficient (Wildman–Crippen LogP) is 0.212. The van der Waals surface area contributed by atoms with Crippen LogP contribution >= 0.6 is 0 Å². The fraction of sp³-hybridized carbons (Fsp3) is 0.333. The second kappa shape index (κ2) is 4.57. The molecule has 1 rings (SSSR count). The van der Waals surface area contributed by atoms with E-state index in [0.29, 0.717) is 0 Å². The number of carbonyl (C=O) groups is 1. The Labute approximate surface area is 81.6 Å². The third-order valence-corrected chi connectivity index (χ3v) is 1.70. The Kier molecular flexibility index (Phi) is 3.41. The fourth-order valence-electron chi connectivity index (χ4n) is 1.02. The monoisotopic (exact) mass is 196 g/mol. The molecule has 76 valence electrons. The molecule has 5 heteroatoms. The largest absolute Gasteiger partial charge is 0.464 e. The van der Waals surface area contributed by atoms with Crippen LogP contribution in [0.4, 0.5) is 0 Å². The predicted molar refractivity (Wildman–Crippen MR) is 50.7 cm³/mol. The molecule has 1 aromatic heterocycles. The summed E-state index contributed by atoms with van der Waals surface area (Å²) >= 11 is 0. The maximum atomic E-state index is 11.1. The highest BCUT2D eigenvalue weighted by molar-refractivity contribution is 5.87. The minimum atomic E-state index is -0.468. The minimum Gasteiger partial charge on any atom is -0.464 e. The van der Waals surface area contributed by atoms with Crippen molar-refractivity contribution in [2.24, 2.45) is 7.05 Å². The number of methoxy groups -OCH3 is 1. The van der Waals surface area contributed by atoms with Crippen LogP contribution in [0.15, 0.2) is 12.1 Å². The van der Waals surface area contributed by atoms with Gasteiger partial charge in [-0.15, -0.1) is 0 Å². The molecule has 1 aromatic rings. The molecule has 0 fully saturated rings. The topological polar surface area (TPSA) is 64.3 Å². The Morgan fingerprint density at radius 3 is 3.07 bits per heavy atom. The molecule has 0 aromatic carbocycles. The smallest absolute Gasteiger partial charge is 0.358 e. The first kappa shape index (κ1) is 10.5. The highest BCUT2D eigenvalue weighted by atomic mass is 16.5. The van der Waals surface area contributed by atoms with Gasteiger partial charge in [0.05, 0.1) is 19.4 Å². The molecule has 1 heterocycles. The van der Waals surface area contributed by atoms with Gasteiger partial charge in [0.25, 0.3) is 0 Å². The van der Waals surface area contributed by atoms with Crippen molar-refractivity contribution in [3.63, 3.8) is 0 Å². The van der Waals surface area contributed by atoms with Gasteiger partial charge < -0.3 is 9.84 Å². The van der Waals surface area contributed by atoms with E-state index in [2.05, 4.69) is 9.84 Å². The first-order valence-corrected chi connectivity index (χ1v) is 4.08. The van der Waals surface area contributed by atoms with Gasteiger partial charge >= 0.3 is 5.97 Å². The van der Waals surface area contributed by atoms with Crippen molar-refractivity contribution in [2.45, 2.75) is 0 Å². The van der Waals surface area contributed by atoms with Crippen LogP contribution in [-0.4, -0.2) is 34.6 Å². The summed E-state index contributed by atoms with van der Waals surface area (Å²) in [5.41, 5.74) is 0.993. The average Bonchev–Trinajstić information content (AvgIpc) is 2.56. The van der Waals surface area contributed by atoms with Gasteiger partial charge in [-0.3, -0.25) is 4.68 Å². The van der Waals surface area contributed by atoms with Gasteiger partial charge in [-0.2, -0.15) is 5.10 Å². The number of aromatic nitrogens is 2. The molecule has 0 bridgehead atoms. The summed E-state index contributed by atoms with van der Waals surface area (Å²) in [5, 5.41) is 12.5. The number of aliphatic hydroxyl groups is 1. The summed E-state index contributed by atoms with van der Waals surface area (Å²) in [6, 6.07) is 1.60. The van der Waals surface area contributed by atoms with Crippen molar-refractivity contribution in [3.05, 3.63) is 23.5 Å². The molecule has 0 spiro atoms. The number of esters is 1. The van der Waals surface area contributed by atoms with Gasteiger partial charge in [-0.25, -0.2) is 4.79 Å². The van der Waals surface area contributed by atoms with Crippen LogP contribution in [0.3, 0.4) is 0 Å². The third-order valence-electron chi connectivity index (χ3n) is 1.70. The Hall–Kier alpha value is -1.62. The second-order valence-electron chi connectivity index (χ2n) is 2.65. The zero-order chi connectivity index (χ0) is 10.6. The second-order valence-corrected chi connectivity index (χ2v) is 2.65. The highest BCUT2D eigenvalue weighted by Gasteiger charge is 2.10. The third kappa shape index (κ3) is 2.20. The van der Waals surface area contributed by atoms with Gasteiger partial charge in [0.2, 0.25) is 0 Å². The molecule has 1 N–H and O–H groups in total. The lowest BCUT2D eigenvalue weighted by Crippen LogP contribution is -2.02. The number of hydrogen-bond donors (Lipinski definition) is 1. The SMILES string of the molecule is COC(=O)c1cc(/C=C/CO)n(C)n1. The molecule has 0 saturated carbocycles. The summed E-state index contributed by atoms with van der Waals surface area (Å²) < 4.78 is 6.06. The average molecular weight is 196 g/mol. The molecule has 0 radical (unpaired) electrons. The lowest BCUT2D eigenvalue weighted by Gasteiger charge is -1.92. The lowest BCUT2D eigenvalue weighted by molar-refractivity contribution is 0.0593. The van der Waals surface area contributed by atoms with E-state index in [4.69, 9.17) is 5.11 Å². The zero-order valence-electron chi connectivity index (χ0n) is 8.10. The van der Waals surface area contributed by atoms with Gasteiger partial charge in [0, 0.05) is 7.05 Å². The lowest BCUT2D eigenvalue weighted by atomic mass is 10.3. The van der Waals surface area contributed by atoms with E-state index in [1.165, 1.54) is 7.11 Å². The molecular weight excluding hydrogens is 184 g/mol. The van der Waals surface area contributed by atoms with Crippen LogP contribution in [0.25, 0.3) is 6.08 Å². The molecule has 14 heavy (non-hydrogen) atoms. The quantitative estimate of drug-likeness (QED) is 0.702. The van der Waals surface area contributed by atoms with Crippen molar-refractivity contribution in [2.75, 3.05) is 13.7 Å². The molecule has 0 amide bonds. The molecule has 5 nitrogen and oxygen atoms in total. The number of aliphatic hydroxyl groups excluding tert-OH is 1. The molecule has 0 aliphatic carbocycles. The van der Waals surface area contributed by atoms with Crippen molar-refractivity contribution in [1.29, 1.82) is 0 Å². The van der Waals surface area contributed by atoms with Crippen molar-refractivity contribution < 1.29 is 14.6 Å². The number of aryl methyl sites for hydroxylation is 1. The van der Waals surface area contributed by atoms with Gasteiger partial charge in [0.1, 0.15) is 0 Å². The van der Waals surface area contributed by atoms with Gasteiger partial charge in [-0.1, -0.05) is 6.08 Å². The normalized spacial score (nSPS) is 10.8. The number of hydrogen-bond acceptors (Lipinski definition) is 4. The van der Waals surface area contributed by atoms with Crippen LogP contribution in [0.5, 0.6) is 0 Å². The summed E-state index contributed by atoms with van der Waals surface area (Å²) in [6.45, 7) is -0.0429. The van der Waals surface area contributed by atoms with Crippen molar-refractivity contribution >= 4 is 12.0 Å². The van der Waals surface area contributed by atoms with Crippen LogP contribution < -0.4 is 0 Å². The van der Waals surface area contributed by atoms with Gasteiger partial charge in [0.15, 0.2) is 5.69 Å². The van der Waals surface area contributed by atoms with Crippen molar-refractivity contribution in [1.82, 2.24) is 9.78 Å². The molecule has 0 atom stereocenters. The number of rotatable bonds is 3. The van der Waals surface area contributed by atoms with Crippen LogP contribution in [0.1, 0.15) is 16.2 Å². The number of carbonyl (C=O) groups excluding carboxylic acids is 1. The molecule has 0 aliphatic heterocycles. The van der Waals surface area contributed by atoms with Crippen LogP contribution in [0.2, 0.25) is 0 Å². The molecule has 0 aliphatic rings. The minimum absolute atomic E-state index is 0.0429. The molecular formula is C9H12N2O3. The first-order valence-electron chi connectivity index (χ1n) is 4.08. The summed E-state index contributed by atoms with van der Waals surface area (Å²) in [6.07, 6.45) is 3.25. The summed E-state index contributed by atoms with van der Waals surface area (Å²) in [7, 11) is 3.02. The Morgan fingerprint density at radius 1 is 1.79 bits per heavy atom. The van der Waals surface area contributed by atoms with E-state index in [0.717, 1.165) is 5.69 Å². The van der Waals surface area contributed by atoms with Crippen LogP contribution in [-0.2, 0) is 11.8 Å². The maximum absolute atomic E-state index is 11.1. The summed E-state index contributed by atoms with van der Waals surface area (Å²) in [5.74, 6) is -0.468. The summed E-state index contributed by atoms with van der Waals surface area (Å²) in [4.78, 5) is 11.1. The first-order chi connectivity index (χ1) is 6.69. The Bertz CT molecular complexity index is 355. The molecule has 0 unspecified atom stereocenters. The standard InChI is InChI=1S/C9H12N2O3/c1-11-7(4-3-5-12)6-8(10-11)9(13)14-2/h3-4,6,12H,5H2,1-2H3/b4-3+. The number of nitrogens with zero attached hydrogens (tertiary/aromatic N) is 2. The van der Waals surface area contributed by atoms with E-state index >= 15 is 0 Å². The van der Waals surface area contributed by atoms with Crippen molar-refractivity contribution in [3.8, 4) is 0 Å². The molecule has 0 saturated heterocycles. The maximum Gasteiger partial charge on any atom is 0.358 e. The fourth-order valence-corrected chi connectivity index (χ4v) is 1.02. The Balaban J connectivity index is 2.93. The van der Waals surface area contributed by atoms with E-state index in [1.807, 2.05) is 0 Å². The van der Waals surface area contributed by atoms with E-state index in [1.54, 1.807) is 29.9 Å². The number of ether oxygens (including phenoxy) is 1. The van der Waals surface area contributed by atoms with Crippen LogP contribution in [0, 0.1) is 0 Å². The Morgan fingerprint density at radius 2 is 2.50 bits per heavy atom. The van der Waals surface area contributed by atoms with E-state index in [-0.39, 0.29) is 12.3 Å². The van der Waals surface area contributed by atoms with E-state index < -0.39 is 5.97 Å². The van der Waals surface area contributed by atoms with Gasteiger partial charge in [-0.05, 0) is 12.1 Å². The zero-order valence-corrected chi connectivity index (χ0v) is 8.10. The highest BCUT2D eigenvalue weighted by Crippen LogP contribution is 2.06. The van der Waals surface area contributed by atoms with E-state index in [9.17, 15) is 4.79 Å².